The van der Waals surface area contributed by atoms with Gasteiger partial charge in [-0.15, -0.1) is 0 Å². The molecular weight excluding hydrogens is 164 g/mol. The van der Waals surface area contributed by atoms with Gasteiger partial charge in [-0.25, -0.2) is 0 Å². The molecule has 1 rings (SSSR count). The molecule has 0 aromatic heterocycles. The first-order valence-electron chi connectivity index (χ1n) is 5.30. The third-order valence-corrected chi connectivity index (χ3v) is 2.42. The Balaban J connectivity index is 2.17. The summed E-state index contributed by atoms with van der Waals surface area (Å²) in [6, 6.07) is 0. The van der Waals surface area contributed by atoms with E-state index in [2.05, 4.69) is 18.7 Å². The standard InChI is InChI=1S/C10H22N2O/c1-9-7-12(6-4-3-5-11)8-10(2)13-9/h9-10H,3-8,11H2,1-2H3/t9-,10+. The summed E-state index contributed by atoms with van der Waals surface area (Å²) in [6.45, 7) is 8.44. The van der Waals surface area contributed by atoms with E-state index in [0.717, 1.165) is 26.1 Å². The van der Waals surface area contributed by atoms with Crippen LogP contribution in [0.2, 0.25) is 0 Å². The van der Waals surface area contributed by atoms with Gasteiger partial charge in [0, 0.05) is 13.1 Å². The van der Waals surface area contributed by atoms with Gasteiger partial charge < -0.3 is 10.5 Å². The van der Waals surface area contributed by atoms with Crippen molar-refractivity contribution >= 4 is 0 Å². The molecule has 0 aromatic carbocycles. The lowest BCUT2D eigenvalue weighted by Gasteiger charge is -2.35. The van der Waals surface area contributed by atoms with Crippen LogP contribution in [0.15, 0.2) is 0 Å². The number of unbranched alkanes of at least 4 members (excludes halogenated alkanes) is 1. The molecule has 3 heteroatoms. The summed E-state index contributed by atoms with van der Waals surface area (Å²) >= 11 is 0. The van der Waals surface area contributed by atoms with Crippen molar-refractivity contribution in [2.45, 2.75) is 38.9 Å². The summed E-state index contributed by atoms with van der Waals surface area (Å²) in [5.41, 5.74) is 5.46. The Kier molecular flexibility index (Phi) is 4.70. The molecule has 1 heterocycles. The van der Waals surface area contributed by atoms with Gasteiger partial charge in [0.25, 0.3) is 0 Å². The molecule has 0 spiro atoms. The van der Waals surface area contributed by atoms with Crippen molar-refractivity contribution in [3.63, 3.8) is 0 Å². The summed E-state index contributed by atoms with van der Waals surface area (Å²) in [7, 11) is 0. The maximum Gasteiger partial charge on any atom is 0.0678 e. The average Bonchev–Trinajstić information content (AvgIpc) is 2.03. The van der Waals surface area contributed by atoms with E-state index in [4.69, 9.17) is 10.5 Å². The maximum absolute atomic E-state index is 5.66. The Morgan fingerprint density at radius 2 is 1.85 bits per heavy atom. The van der Waals surface area contributed by atoms with Crippen molar-refractivity contribution in [3.8, 4) is 0 Å². The van der Waals surface area contributed by atoms with E-state index in [9.17, 15) is 0 Å². The normalized spacial score (nSPS) is 30.7. The molecule has 0 radical (unpaired) electrons. The molecule has 1 aliphatic rings. The van der Waals surface area contributed by atoms with Crippen LogP contribution in [0.25, 0.3) is 0 Å². The average molecular weight is 186 g/mol. The molecule has 1 fully saturated rings. The van der Waals surface area contributed by atoms with Crippen LogP contribution < -0.4 is 5.73 Å². The molecule has 13 heavy (non-hydrogen) atoms. The van der Waals surface area contributed by atoms with Crippen LogP contribution in [0.4, 0.5) is 0 Å². The lowest BCUT2D eigenvalue weighted by molar-refractivity contribution is -0.0681. The topological polar surface area (TPSA) is 38.5 Å². The molecule has 0 amide bonds. The number of ether oxygens (including phenoxy) is 1. The van der Waals surface area contributed by atoms with Gasteiger partial charge in [0.05, 0.1) is 12.2 Å². The van der Waals surface area contributed by atoms with Crippen molar-refractivity contribution in [2.24, 2.45) is 5.73 Å². The van der Waals surface area contributed by atoms with Gasteiger partial charge in [0.1, 0.15) is 0 Å². The first kappa shape index (κ1) is 11.0. The molecule has 0 aromatic rings. The van der Waals surface area contributed by atoms with Gasteiger partial charge in [0.2, 0.25) is 0 Å². The number of hydrogen-bond acceptors (Lipinski definition) is 3. The first-order chi connectivity index (χ1) is 6.22. The summed E-state index contributed by atoms with van der Waals surface area (Å²) in [6.07, 6.45) is 3.14. The molecule has 3 nitrogen and oxygen atoms in total. The molecule has 78 valence electrons. The second-order valence-electron chi connectivity index (χ2n) is 4.01. The van der Waals surface area contributed by atoms with Crippen molar-refractivity contribution in [2.75, 3.05) is 26.2 Å². The minimum atomic E-state index is 0.390. The van der Waals surface area contributed by atoms with E-state index in [1.165, 1.54) is 13.0 Å². The lowest BCUT2D eigenvalue weighted by Crippen LogP contribution is -2.45. The van der Waals surface area contributed by atoms with E-state index in [1.807, 2.05) is 0 Å². The van der Waals surface area contributed by atoms with E-state index in [1.54, 1.807) is 0 Å². The van der Waals surface area contributed by atoms with Crippen molar-refractivity contribution < 1.29 is 4.74 Å². The highest BCUT2D eigenvalue weighted by Gasteiger charge is 2.21. The number of nitrogens with zero attached hydrogens (tertiary/aromatic N) is 1. The van der Waals surface area contributed by atoms with Crippen LogP contribution in [-0.4, -0.2) is 43.3 Å². The molecule has 0 unspecified atom stereocenters. The van der Waals surface area contributed by atoms with Gasteiger partial charge in [0.15, 0.2) is 0 Å². The highest BCUT2D eigenvalue weighted by molar-refractivity contribution is 4.72. The van der Waals surface area contributed by atoms with Crippen LogP contribution in [0.3, 0.4) is 0 Å². The predicted molar refractivity (Wildman–Crippen MR) is 54.7 cm³/mol. The number of nitrogens with two attached hydrogens (primary N) is 1. The monoisotopic (exact) mass is 186 g/mol. The van der Waals surface area contributed by atoms with Crippen LogP contribution in [0, 0.1) is 0 Å². The minimum Gasteiger partial charge on any atom is -0.373 e. The van der Waals surface area contributed by atoms with Crippen molar-refractivity contribution in [3.05, 3.63) is 0 Å². The van der Waals surface area contributed by atoms with Gasteiger partial charge in [-0.05, 0) is 39.8 Å². The highest BCUT2D eigenvalue weighted by atomic mass is 16.5. The summed E-state index contributed by atoms with van der Waals surface area (Å²) < 4.78 is 5.66. The Labute approximate surface area is 81.2 Å². The molecular formula is C10H22N2O. The maximum atomic E-state index is 5.66. The molecule has 1 saturated heterocycles. The lowest BCUT2D eigenvalue weighted by atomic mass is 10.2. The fourth-order valence-electron chi connectivity index (χ4n) is 1.95. The van der Waals surface area contributed by atoms with E-state index >= 15 is 0 Å². The fraction of sp³-hybridized carbons (Fsp3) is 1.00. The third-order valence-electron chi connectivity index (χ3n) is 2.42. The number of rotatable bonds is 4. The number of hydrogen-bond donors (Lipinski definition) is 1. The molecule has 1 aliphatic heterocycles. The third kappa shape index (κ3) is 4.07. The smallest absolute Gasteiger partial charge is 0.0678 e. The highest BCUT2D eigenvalue weighted by Crippen LogP contribution is 2.10. The van der Waals surface area contributed by atoms with Crippen LogP contribution >= 0.6 is 0 Å². The SMILES string of the molecule is C[C@@H]1CN(CCCCN)C[C@H](C)O1. The van der Waals surface area contributed by atoms with E-state index in [-0.39, 0.29) is 0 Å². The quantitative estimate of drug-likeness (QED) is 0.661. The summed E-state index contributed by atoms with van der Waals surface area (Å²) in [4.78, 5) is 2.48. The number of morpholine rings is 1. The fourth-order valence-corrected chi connectivity index (χ4v) is 1.95. The Bertz CT molecular complexity index is 131. The largest absolute Gasteiger partial charge is 0.373 e. The minimum absolute atomic E-state index is 0.390. The zero-order valence-electron chi connectivity index (χ0n) is 8.83. The molecule has 0 bridgehead atoms. The van der Waals surface area contributed by atoms with Gasteiger partial charge in [-0.2, -0.15) is 0 Å². The van der Waals surface area contributed by atoms with Crippen molar-refractivity contribution in [1.29, 1.82) is 0 Å². The van der Waals surface area contributed by atoms with Crippen LogP contribution in [0.1, 0.15) is 26.7 Å². The van der Waals surface area contributed by atoms with E-state index < -0.39 is 0 Å². The summed E-state index contributed by atoms with van der Waals surface area (Å²) in [5, 5.41) is 0. The van der Waals surface area contributed by atoms with Gasteiger partial charge >= 0.3 is 0 Å². The summed E-state index contributed by atoms with van der Waals surface area (Å²) in [5.74, 6) is 0. The second-order valence-corrected chi connectivity index (χ2v) is 4.01. The van der Waals surface area contributed by atoms with Gasteiger partial charge in [-0.3, -0.25) is 4.90 Å². The predicted octanol–water partition coefficient (Wildman–Crippen LogP) is 0.834. The zero-order valence-corrected chi connectivity index (χ0v) is 8.83. The Morgan fingerprint density at radius 1 is 1.23 bits per heavy atom. The van der Waals surface area contributed by atoms with Crippen molar-refractivity contribution in [1.82, 2.24) is 4.90 Å². The molecule has 0 saturated carbocycles. The zero-order chi connectivity index (χ0) is 9.68. The Morgan fingerprint density at radius 3 is 2.38 bits per heavy atom. The molecule has 0 aliphatic carbocycles. The molecule has 2 atom stereocenters. The molecule has 2 N–H and O–H groups in total. The van der Waals surface area contributed by atoms with E-state index in [0.29, 0.717) is 12.2 Å². The Hall–Kier alpha value is -0.120. The van der Waals surface area contributed by atoms with Gasteiger partial charge in [-0.1, -0.05) is 0 Å². The van der Waals surface area contributed by atoms with Crippen LogP contribution in [0.5, 0.6) is 0 Å². The first-order valence-corrected chi connectivity index (χ1v) is 5.30. The van der Waals surface area contributed by atoms with Crippen LogP contribution in [-0.2, 0) is 4.74 Å². The second kappa shape index (κ2) is 5.58.